The van der Waals surface area contributed by atoms with Crippen LogP contribution in [-0.4, -0.2) is 30.7 Å². The number of nitrogens with zero attached hydrogens (tertiary/aromatic N) is 2. The number of nitrogens with one attached hydrogen (secondary N) is 2. The maximum absolute atomic E-state index is 5.34. The molecule has 0 unspecified atom stereocenters. The highest BCUT2D eigenvalue weighted by Gasteiger charge is 2.15. The number of anilines is 2. The van der Waals surface area contributed by atoms with E-state index < -0.39 is 0 Å². The lowest BCUT2D eigenvalue weighted by molar-refractivity contribution is 0.708. The highest BCUT2D eigenvalue weighted by molar-refractivity contribution is 7.98. The van der Waals surface area contributed by atoms with Crippen LogP contribution in [0.25, 0.3) is 0 Å². The molecule has 0 spiro atoms. The van der Waals surface area contributed by atoms with Crippen LogP contribution in [-0.2, 0) is 6.42 Å². The molecule has 0 fully saturated rings. The van der Waals surface area contributed by atoms with Crippen LogP contribution >= 0.6 is 24.0 Å². The Balaban J connectivity index is 1.61. The molecule has 4 nitrogen and oxygen atoms in total. The Bertz CT molecular complexity index is 804. The molecule has 0 saturated carbocycles. The van der Waals surface area contributed by atoms with E-state index in [9.17, 15) is 0 Å². The van der Waals surface area contributed by atoms with Gasteiger partial charge in [0.1, 0.15) is 0 Å². The molecule has 2 aromatic rings. The summed E-state index contributed by atoms with van der Waals surface area (Å²) in [6.45, 7) is 4.41. The van der Waals surface area contributed by atoms with Crippen molar-refractivity contribution in [3.8, 4) is 0 Å². The van der Waals surface area contributed by atoms with Gasteiger partial charge in [0.2, 0.25) is 0 Å². The Hall–Kier alpha value is -2.05. The summed E-state index contributed by atoms with van der Waals surface area (Å²) in [5, 5.41) is 7.96. The summed E-state index contributed by atoms with van der Waals surface area (Å²) in [7, 11) is 0. The molecule has 0 radical (unpaired) electrons. The van der Waals surface area contributed by atoms with Crippen molar-refractivity contribution in [3.63, 3.8) is 0 Å². The Morgan fingerprint density at radius 1 is 1.31 bits per heavy atom. The molecule has 0 atom stereocenters. The Morgan fingerprint density at radius 3 is 2.96 bits per heavy atom. The third kappa shape index (κ3) is 4.56. The highest BCUT2D eigenvalue weighted by Crippen LogP contribution is 2.27. The zero-order valence-electron chi connectivity index (χ0n) is 15.2. The van der Waals surface area contributed by atoms with E-state index in [1.54, 1.807) is 11.8 Å². The summed E-state index contributed by atoms with van der Waals surface area (Å²) in [5.74, 6) is 0. The molecule has 6 heteroatoms. The number of benzene rings is 2. The summed E-state index contributed by atoms with van der Waals surface area (Å²) in [6.07, 6.45) is 6.21. The van der Waals surface area contributed by atoms with Gasteiger partial charge in [-0.25, -0.2) is 0 Å². The van der Waals surface area contributed by atoms with E-state index in [1.165, 1.54) is 17.7 Å². The van der Waals surface area contributed by atoms with E-state index in [2.05, 4.69) is 51.9 Å². The maximum Gasteiger partial charge on any atom is 0.191 e. The first-order valence-electron chi connectivity index (χ1n) is 8.82. The number of hydrazone groups is 1. The lowest BCUT2D eigenvalue weighted by atomic mass is 9.99. The standard InChI is InChI=1S/C20H24N4S2/c1-3-24-12-6-7-16-13-15(10-11-18(16)24)14-21-23-20(25)22-17-8-4-5-9-19(17)26-2/h4-5,8-11,13-14H,3,6-7,12H2,1-2H3,(H2,22,23,25)/b21-14+. The first-order chi connectivity index (χ1) is 12.7. The minimum absolute atomic E-state index is 0.484. The molecule has 1 aliphatic rings. The topological polar surface area (TPSA) is 39.7 Å². The lowest BCUT2D eigenvalue weighted by Gasteiger charge is -2.30. The van der Waals surface area contributed by atoms with Crippen LogP contribution in [0, 0.1) is 0 Å². The molecular weight excluding hydrogens is 360 g/mol. The highest BCUT2D eigenvalue weighted by atomic mass is 32.2. The number of rotatable bonds is 5. The lowest BCUT2D eigenvalue weighted by Crippen LogP contribution is -2.28. The normalized spacial score (nSPS) is 13.5. The van der Waals surface area contributed by atoms with Crippen LogP contribution in [0.2, 0.25) is 0 Å². The molecule has 1 heterocycles. The number of fused-ring (bicyclic) bond motifs is 1. The van der Waals surface area contributed by atoms with E-state index in [1.807, 2.05) is 30.7 Å². The third-order valence-corrected chi connectivity index (χ3v) is 5.42. The van der Waals surface area contributed by atoms with E-state index in [-0.39, 0.29) is 0 Å². The summed E-state index contributed by atoms with van der Waals surface area (Å²) < 4.78 is 0. The number of aryl methyl sites for hydroxylation is 1. The fourth-order valence-electron chi connectivity index (χ4n) is 3.17. The average molecular weight is 385 g/mol. The number of hydrogen-bond acceptors (Lipinski definition) is 4. The Morgan fingerprint density at radius 2 is 2.15 bits per heavy atom. The summed E-state index contributed by atoms with van der Waals surface area (Å²) in [4.78, 5) is 3.58. The van der Waals surface area contributed by atoms with Gasteiger partial charge in [-0.1, -0.05) is 18.2 Å². The van der Waals surface area contributed by atoms with Crippen LogP contribution in [0.15, 0.2) is 52.5 Å². The molecule has 26 heavy (non-hydrogen) atoms. The fourth-order valence-corrected chi connectivity index (χ4v) is 3.88. The minimum Gasteiger partial charge on any atom is -0.372 e. The largest absolute Gasteiger partial charge is 0.372 e. The van der Waals surface area contributed by atoms with Gasteiger partial charge < -0.3 is 10.2 Å². The zero-order valence-corrected chi connectivity index (χ0v) is 16.8. The van der Waals surface area contributed by atoms with Gasteiger partial charge in [0.15, 0.2) is 5.11 Å². The quantitative estimate of drug-likeness (QED) is 0.344. The number of hydrogen-bond donors (Lipinski definition) is 2. The average Bonchev–Trinajstić information content (AvgIpc) is 2.67. The predicted molar refractivity (Wildman–Crippen MR) is 118 cm³/mol. The predicted octanol–water partition coefficient (Wildman–Crippen LogP) is 4.50. The molecule has 0 amide bonds. The molecule has 0 aromatic heterocycles. The Labute approximate surface area is 165 Å². The van der Waals surface area contributed by atoms with E-state index in [4.69, 9.17) is 12.2 Å². The number of para-hydroxylation sites is 1. The van der Waals surface area contributed by atoms with Gasteiger partial charge >= 0.3 is 0 Å². The molecule has 136 valence electrons. The monoisotopic (exact) mass is 384 g/mol. The molecule has 0 aliphatic carbocycles. The van der Waals surface area contributed by atoms with Crippen molar-refractivity contribution < 1.29 is 0 Å². The number of thioether (sulfide) groups is 1. The Kier molecular flexibility index (Phi) is 6.52. The molecular formula is C20H24N4S2. The van der Waals surface area contributed by atoms with Crippen molar-refractivity contribution in [1.29, 1.82) is 0 Å². The van der Waals surface area contributed by atoms with Gasteiger partial charge in [-0.3, -0.25) is 5.43 Å². The smallest absolute Gasteiger partial charge is 0.191 e. The van der Waals surface area contributed by atoms with Crippen LogP contribution in [0.5, 0.6) is 0 Å². The zero-order chi connectivity index (χ0) is 18.4. The molecule has 0 bridgehead atoms. The fraction of sp³-hybridized carbons (Fsp3) is 0.300. The van der Waals surface area contributed by atoms with Crippen LogP contribution in [0.3, 0.4) is 0 Å². The van der Waals surface area contributed by atoms with E-state index in [0.717, 1.165) is 35.7 Å². The maximum atomic E-state index is 5.34. The molecule has 0 saturated heterocycles. The van der Waals surface area contributed by atoms with Crippen molar-refractivity contribution in [3.05, 3.63) is 53.6 Å². The van der Waals surface area contributed by atoms with Gasteiger partial charge in [-0.2, -0.15) is 5.10 Å². The van der Waals surface area contributed by atoms with Crippen molar-refractivity contribution in [2.75, 3.05) is 29.6 Å². The van der Waals surface area contributed by atoms with Crippen molar-refractivity contribution in [2.24, 2.45) is 5.10 Å². The second-order valence-electron chi connectivity index (χ2n) is 6.10. The van der Waals surface area contributed by atoms with Crippen LogP contribution < -0.4 is 15.6 Å². The second-order valence-corrected chi connectivity index (χ2v) is 7.35. The summed E-state index contributed by atoms with van der Waals surface area (Å²) in [5.41, 5.74) is 7.73. The molecule has 3 rings (SSSR count). The minimum atomic E-state index is 0.484. The first-order valence-corrected chi connectivity index (χ1v) is 10.5. The SMILES string of the molecule is CCN1CCCc2cc(/C=N/NC(=S)Nc3ccccc3SC)ccc21. The van der Waals surface area contributed by atoms with E-state index in [0.29, 0.717) is 5.11 Å². The van der Waals surface area contributed by atoms with Crippen molar-refractivity contribution in [2.45, 2.75) is 24.7 Å². The van der Waals surface area contributed by atoms with Gasteiger partial charge in [0.25, 0.3) is 0 Å². The van der Waals surface area contributed by atoms with Crippen LogP contribution in [0.4, 0.5) is 11.4 Å². The van der Waals surface area contributed by atoms with Gasteiger partial charge in [-0.15, -0.1) is 11.8 Å². The van der Waals surface area contributed by atoms with E-state index >= 15 is 0 Å². The van der Waals surface area contributed by atoms with Gasteiger partial charge in [0.05, 0.1) is 11.9 Å². The van der Waals surface area contributed by atoms with Gasteiger partial charge in [-0.05, 0) is 73.6 Å². The molecule has 1 aliphatic heterocycles. The molecule has 2 aromatic carbocycles. The summed E-state index contributed by atoms with van der Waals surface area (Å²) >= 11 is 7.02. The second kappa shape index (κ2) is 9.05. The van der Waals surface area contributed by atoms with Crippen LogP contribution in [0.1, 0.15) is 24.5 Å². The molecule has 2 N–H and O–H groups in total. The first kappa shape index (κ1) is 18.7. The summed E-state index contributed by atoms with van der Waals surface area (Å²) in [6, 6.07) is 14.6. The van der Waals surface area contributed by atoms with Crippen molar-refractivity contribution >= 4 is 46.7 Å². The van der Waals surface area contributed by atoms with Gasteiger partial charge in [0, 0.05) is 23.7 Å². The van der Waals surface area contributed by atoms with Crippen molar-refractivity contribution in [1.82, 2.24) is 5.43 Å². The number of thiocarbonyl (C=S) groups is 1. The third-order valence-electron chi connectivity index (χ3n) is 4.43.